The Hall–Kier alpha value is -3.05. The Labute approximate surface area is 195 Å². The van der Waals surface area contributed by atoms with Gasteiger partial charge in [0.2, 0.25) is 5.91 Å². The molecule has 1 heterocycles. The highest BCUT2D eigenvalue weighted by Gasteiger charge is 2.23. The Balaban J connectivity index is 1.81. The van der Waals surface area contributed by atoms with E-state index in [1.54, 1.807) is 29.2 Å². The summed E-state index contributed by atoms with van der Waals surface area (Å²) in [5.41, 5.74) is 2.59. The van der Waals surface area contributed by atoms with E-state index in [9.17, 15) is 9.59 Å². The van der Waals surface area contributed by atoms with Gasteiger partial charge in [0, 0.05) is 42.6 Å². The van der Waals surface area contributed by atoms with Crippen molar-refractivity contribution in [2.24, 2.45) is 7.05 Å². The van der Waals surface area contributed by atoms with Crippen LogP contribution in [0.4, 0.5) is 0 Å². The Kier molecular flexibility index (Phi) is 8.51. The first-order chi connectivity index (χ1) is 15.5. The second-order valence-corrected chi connectivity index (χ2v) is 8.37. The molecule has 168 valence electrons. The SMILES string of the molecule is CCCCN(CC(=O)N(Cc1ccccc1)Cc1cccn1C)C(=O)c1cccc(Cl)c1. The summed E-state index contributed by atoms with van der Waals surface area (Å²) < 4.78 is 2.01. The second-order valence-electron chi connectivity index (χ2n) is 7.94. The number of rotatable bonds is 10. The van der Waals surface area contributed by atoms with Crippen LogP contribution in [0.15, 0.2) is 72.9 Å². The van der Waals surface area contributed by atoms with Crippen LogP contribution in [0.1, 0.15) is 41.4 Å². The summed E-state index contributed by atoms with van der Waals surface area (Å²) in [6, 6.07) is 20.8. The molecule has 1 aromatic heterocycles. The lowest BCUT2D eigenvalue weighted by atomic mass is 10.1. The van der Waals surface area contributed by atoms with Gasteiger partial charge in [-0.05, 0) is 42.3 Å². The van der Waals surface area contributed by atoms with Gasteiger partial charge in [-0.1, -0.05) is 61.3 Å². The van der Waals surface area contributed by atoms with E-state index in [0.29, 0.717) is 30.2 Å². The van der Waals surface area contributed by atoms with E-state index in [1.165, 1.54) is 0 Å². The van der Waals surface area contributed by atoms with Gasteiger partial charge >= 0.3 is 0 Å². The van der Waals surface area contributed by atoms with Crippen molar-refractivity contribution in [1.29, 1.82) is 0 Å². The fourth-order valence-electron chi connectivity index (χ4n) is 3.56. The molecule has 6 heteroatoms. The lowest BCUT2D eigenvalue weighted by Crippen LogP contribution is -2.43. The maximum atomic E-state index is 13.5. The van der Waals surface area contributed by atoms with Crippen molar-refractivity contribution in [3.05, 3.63) is 94.8 Å². The smallest absolute Gasteiger partial charge is 0.254 e. The number of aryl methyl sites for hydroxylation is 1. The van der Waals surface area contributed by atoms with Crippen molar-refractivity contribution in [2.75, 3.05) is 13.1 Å². The maximum absolute atomic E-state index is 13.5. The molecule has 0 unspecified atom stereocenters. The minimum atomic E-state index is -0.173. The van der Waals surface area contributed by atoms with Crippen LogP contribution in [-0.2, 0) is 24.9 Å². The molecule has 2 amide bonds. The third-order valence-corrected chi connectivity index (χ3v) is 5.67. The number of benzene rings is 2. The summed E-state index contributed by atoms with van der Waals surface area (Å²) in [4.78, 5) is 30.1. The average Bonchev–Trinajstić information content (AvgIpc) is 3.20. The second kappa shape index (κ2) is 11.5. The molecule has 0 aliphatic rings. The van der Waals surface area contributed by atoms with Crippen molar-refractivity contribution in [1.82, 2.24) is 14.4 Å². The van der Waals surface area contributed by atoms with E-state index in [1.807, 2.05) is 65.2 Å². The topological polar surface area (TPSA) is 45.6 Å². The zero-order valence-corrected chi connectivity index (χ0v) is 19.5. The largest absolute Gasteiger partial charge is 0.353 e. The molecule has 0 spiro atoms. The lowest BCUT2D eigenvalue weighted by Gasteiger charge is -2.28. The van der Waals surface area contributed by atoms with Crippen molar-refractivity contribution in [3.8, 4) is 0 Å². The highest BCUT2D eigenvalue weighted by atomic mass is 35.5. The number of hydrogen-bond donors (Lipinski definition) is 0. The molecule has 0 bridgehead atoms. The number of nitrogens with zero attached hydrogens (tertiary/aromatic N) is 3. The highest BCUT2D eigenvalue weighted by molar-refractivity contribution is 6.31. The Morgan fingerprint density at radius 3 is 2.38 bits per heavy atom. The van der Waals surface area contributed by atoms with Crippen LogP contribution in [0.5, 0.6) is 0 Å². The molecule has 0 aliphatic carbocycles. The van der Waals surface area contributed by atoms with Crippen LogP contribution in [-0.4, -0.2) is 39.3 Å². The van der Waals surface area contributed by atoms with Crippen LogP contribution in [0.25, 0.3) is 0 Å². The molecule has 0 radical (unpaired) electrons. The first-order valence-corrected chi connectivity index (χ1v) is 11.3. The molecule has 2 aromatic carbocycles. The van der Waals surface area contributed by atoms with Crippen LogP contribution >= 0.6 is 11.6 Å². The number of carbonyl (C=O) groups excluding carboxylic acids is 2. The molecule has 0 saturated heterocycles. The third kappa shape index (κ3) is 6.47. The van der Waals surface area contributed by atoms with Gasteiger partial charge in [-0.25, -0.2) is 0 Å². The van der Waals surface area contributed by atoms with Crippen LogP contribution < -0.4 is 0 Å². The number of amides is 2. The fourth-order valence-corrected chi connectivity index (χ4v) is 3.75. The highest BCUT2D eigenvalue weighted by Crippen LogP contribution is 2.15. The normalized spacial score (nSPS) is 10.7. The van der Waals surface area contributed by atoms with E-state index >= 15 is 0 Å². The number of unbranched alkanes of at least 4 members (excludes halogenated alkanes) is 1. The monoisotopic (exact) mass is 451 g/mol. The predicted molar refractivity (Wildman–Crippen MR) is 128 cm³/mol. The van der Waals surface area contributed by atoms with Crippen molar-refractivity contribution in [3.63, 3.8) is 0 Å². The van der Waals surface area contributed by atoms with Gasteiger partial charge in [0.15, 0.2) is 0 Å². The standard InChI is InChI=1S/C26H30ClN3O2/c1-3-4-16-29(26(32)22-12-8-13-23(27)17-22)20-25(31)30(18-21-10-6-5-7-11-21)19-24-14-9-15-28(24)2/h5-15,17H,3-4,16,18-20H2,1-2H3. The van der Waals surface area contributed by atoms with E-state index in [0.717, 1.165) is 24.1 Å². The molecule has 0 fully saturated rings. The van der Waals surface area contributed by atoms with Gasteiger partial charge in [0.25, 0.3) is 5.91 Å². The van der Waals surface area contributed by atoms with Gasteiger partial charge in [-0.2, -0.15) is 0 Å². The van der Waals surface area contributed by atoms with Gasteiger partial charge in [0.05, 0.1) is 6.54 Å². The Morgan fingerprint density at radius 1 is 0.938 bits per heavy atom. The molecule has 3 aromatic rings. The number of carbonyl (C=O) groups is 2. The Morgan fingerprint density at radius 2 is 1.72 bits per heavy atom. The van der Waals surface area contributed by atoms with E-state index < -0.39 is 0 Å². The molecule has 0 aliphatic heterocycles. The summed E-state index contributed by atoms with van der Waals surface area (Å²) >= 11 is 6.09. The quantitative estimate of drug-likeness (QED) is 0.428. The summed E-state index contributed by atoms with van der Waals surface area (Å²) in [5, 5.41) is 0.507. The zero-order chi connectivity index (χ0) is 22.9. The lowest BCUT2D eigenvalue weighted by molar-refractivity contribution is -0.133. The molecule has 0 N–H and O–H groups in total. The van der Waals surface area contributed by atoms with E-state index in [2.05, 4.69) is 6.92 Å². The molecule has 5 nitrogen and oxygen atoms in total. The van der Waals surface area contributed by atoms with Crippen LogP contribution in [0.2, 0.25) is 5.02 Å². The predicted octanol–water partition coefficient (Wildman–Crippen LogP) is 5.15. The molecule has 3 rings (SSSR count). The summed E-state index contributed by atoms with van der Waals surface area (Å²) in [6.07, 6.45) is 3.73. The zero-order valence-electron chi connectivity index (χ0n) is 18.7. The van der Waals surface area contributed by atoms with Crippen molar-refractivity contribution < 1.29 is 9.59 Å². The van der Waals surface area contributed by atoms with Gasteiger partial charge in [0.1, 0.15) is 6.54 Å². The van der Waals surface area contributed by atoms with Crippen LogP contribution in [0.3, 0.4) is 0 Å². The van der Waals surface area contributed by atoms with Gasteiger partial charge in [-0.3, -0.25) is 9.59 Å². The van der Waals surface area contributed by atoms with Crippen molar-refractivity contribution in [2.45, 2.75) is 32.9 Å². The number of halogens is 1. The van der Waals surface area contributed by atoms with Gasteiger partial charge < -0.3 is 14.4 Å². The minimum absolute atomic E-state index is 0.0304. The molecule has 32 heavy (non-hydrogen) atoms. The first kappa shape index (κ1) is 23.6. The fraction of sp³-hybridized carbons (Fsp3) is 0.308. The van der Waals surface area contributed by atoms with E-state index in [4.69, 9.17) is 11.6 Å². The maximum Gasteiger partial charge on any atom is 0.254 e. The van der Waals surface area contributed by atoms with Gasteiger partial charge in [-0.15, -0.1) is 0 Å². The average molecular weight is 452 g/mol. The summed E-state index contributed by atoms with van der Waals surface area (Å²) in [5.74, 6) is -0.255. The summed E-state index contributed by atoms with van der Waals surface area (Å²) in [6.45, 7) is 3.59. The molecular formula is C26H30ClN3O2. The van der Waals surface area contributed by atoms with Crippen molar-refractivity contribution >= 4 is 23.4 Å². The Bertz CT molecular complexity index is 1030. The molecule has 0 atom stereocenters. The third-order valence-electron chi connectivity index (χ3n) is 5.44. The first-order valence-electron chi connectivity index (χ1n) is 10.9. The number of aromatic nitrogens is 1. The van der Waals surface area contributed by atoms with E-state index in [-0.39, 0.29) is 18.4 Å². The molecular weight excluding hydrogens is 422 g/mol. The van der Waals surface area contributed by atoms with Crippen LogP contribution in [0, 0.1) is 0 Å². The summed E-state index contributed by atoms with van der Waals surface area (Å²) in [7, 11) is 1.97. The number of hydrogen-bond acceptors (Lipinski definition) is 2. The minimum Gasteiger partial charge on any atom is -0.353 e. The molecule has 0 saturated carbocycles.